The summed E-state index contributed by atoms with van der Waals surface area (Å²) in [6.07, 6.45) is 0. The van der Waals surface area contributed by atoms with Gasteiger partial charge >= 0.3 is 0 Å². The summed E-state index contributed by atoms with van der Waals surface area (Å²) in [6.45, 7) is 6.26. The van der Waals surface area contributed by atoms with Gasteiger partial charge in [-0.25, -0.2) is 4.98 Å². The van der Waals surface area contributed by atoms with Crippen LogP contribution in [0.1, 0.15) is 20.8 Å². The summed E-state index contributed by atoms with van der Waals surface area (Å²) in [5.41, 5.74) is 1.71. The van der Waals surface area contributed by atoms with Crippen LogP contribution < -0.4 is 5.32 Å². The molecule has 1 heterocycles. The van der Waals surface area contributed by atoms with Gasteiger partial charge in [-0.15, -0.1) is 11.8 Å². The number of nitrogens with zero attached hydrogens (tertiary/aromatic N) is 2. The van der Waals surface area contributed by atoms with Crippen LogP contribution in [0.5, 0.6) is 0 Å². The van der Waals surface area contributed by atoms with Crippen molar-refractivity contribution in [2.75, 3.05) is 11.1 Å². The molecule has 1 N–H and O–H groups in total. The van der Waals surface area contributed by atoms with Gasteiger partial charge in [-0.2, -0.15) is 0 Å². The van der Waals surface area contributed by atoms with E-state index in [-0.39, 0.29) is 10.7 Å². The molecular weight excluding hydrogens is 294 g/mol. The maximum absolute atomic E-state index is 11.9. The number of nitrogens with one attached hydrogen (secondary N) is 1. The number of aromatic nitrogens is 2. The Labute approximate surface area is 127 Å². The predicted octanol–water partition coefficient (Wildman–Crippen LogP) is 3.70. The molecule has 0 saturated carbocycles. The van der Waals surface area contributed by atoms with E-state index in [0.717, 1.165) is 11.0 Å². The molecule has 0 fully saturated rings. The lowest BCUT2D eigenvalue weighted by Crippen LogP contribution is -2.20. The maximum atomic E-state index is 11.9. The normalized spacial score (nSPS) is 11.8. The zero-order chi connectivity index (χ0) is 14.9. The summed E-state index contributed by atoms with van der Waals surface area (Å²) < 4.78 is 1.92. The number of benzene rings is 1. The minimum Gasteiger partial charge on any atom is -0.313 e. The molecule has 0 saturated heterocycles. The second kappa shape index (κ2) is 5.66. The smallest absolute Gasteiger partial charge is 0.236 e. The number of fused-ring (bicyclic) bond motifs is 1. The highest BCUT2D eigenvalue weighted by atomic mass is 35.5. The summed E-state index contributed by atoms with van der Waals surface area (Å²) >= 11 is 7.55. The summed E-state index contributed by atoms with van der Waals surface area (Å²) in [4.78, 5) is 16.3. The Balaban J connectivity index is 2.13. The van der Waals surface area contributed by atoms with Crippen molar-refractivity contribution < 1.29 is 4.79 Å². The standard InChI is InChI=1S/C14H18ClN3OS/c1-14(2,3)20-8-12(19)17-13-16-10-7-9(15)5-6-11(10)18(13)4/h5-7H,8H2,1-4H3,(H,16,17,19). The van der Waals surface area contributed by atoms with E-state index in [9.17, 15) is 4.79 Å². The number of halogens is 1. The zero-order valence-electron chi connectivity index (χ0n) is 12.0. The Morgan fingerprint density at radius 3 is 2.80 bits per heavy atom. The van der Waals surface area contributed by atoms with Crippen LogP contribution >= 0.6 is 23.4 Å². The van der Waals surface area contributed by atoms with Gasteiger partial charge < -0.3 is 4.57 Å². The first kappa shape index (κ1) is 15.2. The summed E-state index contributed by atoms with van der Waals surface area (Å²) in [6, 6.07) is 5.49. The molecule has 0 radical (unpaired) electrons. The summed E-state index contributed by atoms with van der Waals surface area (Å²) in [7, 11) is 1.87. The number of carbonyl (C=O) groups excluding carboxylic acids is 1. The number of hydrogen-bond donors (Lipinski definition) is 1. The monoisotopic (exact) mass is 311 g/mol. The van der Waals surface area contributed by atoms with E-state index in [1.807, 2.05) is 23.7 Å². The van der Waals surface area contributed by atoms with Crippen molar-refractivity contribution in [1.29, 1.82) is 0 Å². The number of imidazole rings is 1. The van der Waals surface area contributed by atoms with Crippen LogP contribution in [-0.2, 0) is 11.8 Å². The van der Waals surface area contributed by atoms with Crippen LogP contribution in [-0.4, -0.2) is 26.0 Å². The molecule has 1 aromatic heterocycles. The lowest BCUT2D eigenvalue weighted by Gasteiger charge is -2.16. The van der Waals surface area contributed by atoms with Gasteiger partial charge in [0.2, 0.25) is 11.9 Å². The average molecular weight is 312 g/mol. The molecule has 0 aliphatic heterocycles. The largest absolute Gasteiger partial charge is 0.313 e. The predicted molar refractivity (Wildman–Crippen MR) is 86.6 cm³/mol. The van der Waals surface area contributed by atoms with Crippen LogP contribution in [0.4, 0.5) is 5.95 Å². The zero-order valence-corrected chi connectivity index (χ0v) is 13.6. The van der Waals surface area contributed by atoms with Crippen LogP contribution in [0.2, 0.25) is 5.02 Å². The quantitative estimate of drug-likeness (QED) is 0.940. The third kappa shape index (κ3) is 3.67. The molecule has 6 heteroatoms. The van der Waals surface area contributed by atoms with Gasteiger partial charge in [-0.05, 0) is 18.2 Å². The van der Waals surface area contributed by atoms with Gasteiger partial charge in [-0.3, -0.25) is 10.1 Å². The molecule has 108 valence electrons. The SMILES string of the molecule is Cn1c(NC(=O)CSC(C)(C)C)nc2cc(Cl)ccc21. The first-order valence-corrected chi connectivity index (χ1v) is 7.68. The van der Waals surface area contributed by atoms with Crippen molar-refractivity contribution in [3.63, 3.8) is 0 Å². The summed E-state index contributed by atoms with van der Waals surface area (Å²) in [5, 5.41) is 3.48. The van der Waals surface area contributed by atoms with Crippen molar-refractivity contribution in [1.82, 2.24) is 9.55 Å². The fourth-order valence-corrected chi connectivity index (χ4v) is 2.53. The van der Waals surface area contributed by atoms with Crippen LogP contribution in [0, 0.1) is 0 Å². The van der Waals surface area contributed by atoms with E-state index in [1.54, 1.807) is 17.8 Å². The lowest BCUT2D eigenvalue weighted by molar-refractivity contribution is -0.113. The van der Waals surface area contributed by atoms with Crippen molar-refractivity contribution >= 4 is 46.3 Å². The Morgan fingerprint density at radius 2 is 2.15 bits per heavy atom. The minimum atomic E-state index is -0.0468. The number of amides is 1. The number of anilines is 1. The molecule has 2 rings (SSSR count). The Kier molecular flexibility index (Phi) is 4.30. The van der Waals surface area contributed by atoms with Gasteiger partial charge in [0.25, 0.3) is 0 Å². The summed E-state index contributed by atoms with van der Waals surface area (Å²) in [5.74, 6) is 0.907. The highest BCUT2D eigenvalue weighted by Gasteiger charge is 2.15. The second-order valence-electron chi connectivity index (χ2n) is 5.58. The lowest BCUT2D eigenvalue weighted by atomic mass is 10.3. The molecule has 20 heavy (non-hydrogen) atoms. The number of carbonyl (C=O) groups is 1. The van der Waals surface area contributed by atoms with Gasteiger partial charge in [0.1, 0.15) is 0 Å². The third-order valence-electron chi connectivity index (χ3n) is 2.73. The van der Waals surface area contributed by atoms with Gasteiger partial charge in [-0.1, -0.05) is 32.4 Å². The van der Waals surface area contributed by atoms with E-state index in [2.05, 4.69) is 31.1 Å². The average Bonchev–Trinajstić information content (AvgIpc) is 2.62. The van der Waals surface area contributed by atoms with Gasteiger partial charge in [0.15, 0.2) is 0 Å². The maximum Gasteiger partial charge on any atom is 0.236 e. The topological polar surface area (TPSA) is 46.9 Å². The third-order valence-corrected chi connectivity index (χ3v) is 4.24. The highest BCUT2D eigenvalue weighted by molar-refractivity contribution is 8.01. The highest BCUT2D eigenvalue weighted by Crippen LogP contribution is 2.24. The van der Waals surface area contributed by atoms with E-state index >= 15 is 0 Å². The molecule has 0 aliphatic carbocycles. The number of rotatable bonds is 3. The molecule has 2 aromatic rings. The Bertz CT molecular complexity index is 646. The fraction of sp³-hybridized carbons (Fsp3) is 0.429. The van der Waals surface area contributed by atoms with E-state index < -0.39 is 0 Å². The molecule has 0 atom stereocenters. The van der Waals surface area contributed by atoms with E-state index in [0.29, 0.717) is 16.7 Å². The molecule has 1 aromatic carbocycles. The molecule has 0 bridgehead atoms. The van der Waals surface area contributed by atoms with Crippen molar-refractivity contribution in [3.8, 4) is 0 Å². The molecule has 1 amide bonds. The molecule has 0 spiro atoms. The number of aryl methyl sites for hydroxylation is 1. The molecule has 0 unspecified atom stereocenters. The van der Waals surface area contributed by atoms with Crippen LogP contribution in [0.25, 0.3) is 11.0 Å². The first-order valence-electron chi connectivity index (χ1n) is 6.32. The Hall–Kier alpha value is -1.20. The van der Waals surface area contributed by atoms with Crippen molar-refractivity contribution in [2.45, 2.75) is 25.5 Å². The minimum absolute atomic E-state index is 0.0468. The van der Waals surface area contributed by atoms with Crippen molar-refractivity contribution in [3.05, 3.63) is 23.2 Å². The van der Waals surface area contributed by atoms with Gasteiger partial charge in [0, 0.05) is 16.8 Å². The van der Waals surface area contributed by atoms with Crippen molar-refractivity contribution in [2.24, 2.45) is 7.05 Å². The molecular formula is C14H18ClN3OS. The van der Waals surface area contributed by atoms with Gasteiger partial charge in [0.05, 0.1) is 16.8 Å². The molecule has 0 aliphatic rings. The van der Waals surface area contributed by atoms with E-state index in [1.165, 1.54) is 0 Å². The van der Waals surface area contributed by atoms with Crippen LogP contribution in [0.15, 0.2) is 18.2 Å². The molecule has 4 nitrogen and oxygen atoms in total. The number of hydrogen-bond acceptors (Lipinski definition) is 3. The van der Waals surface area contributed by atoms with E-state index in [4.69, 9.17) is 11.6 Å². The first-order chi connectivity index (χ1) is 9.26. The second-order valence-corrected chi connectivity index (χ2v) is 7.82. The van der Waals surface area contributed by atoms with Crippen LogP contribution in [0.3, 0.4) is 0 Å². The Morgan fingerprint density at radius 1 is 1.45 bits per heavy atom. The number of thioether (sulfide) groups is 1. The fourth-order valence-electron chi connectivity index (χ4n) is 1.73.